The maximum absolute atomic E-state index is 11.7. The molecule has 1 saturated carbocycles. The van der Waals surface area contributed by atoms with Gasteiger partial charge in [-0.1, -0.05) is 0 Å². The Kier molecular flexibility index (Phi) is 4.81. The maximum atomic E-state index is 11.7. The van der Waals surface area contributed by atoms with E-state index in [1.54, 1.807) is 0 Å². The lowest BCUT2D eigenvalue weighted by molar-refractivity contribution is -0.143. The van der Waals surface area contributed by atoms with Gasteiger partial charge in [0.25, 0.3) is 0 Å². The average molecular weight is 283 g/mol. The van der Waals surface area contributed by atoms with Crippen LogP contribution in [0.3, 0.4) is 0 Å². The monoisotopic (exact) mass is 283 g/mol. The summed E-state index contributed by atoms with van der Waals surface area (Å²) in [6, 6.07) is -0.392. The summed E-state index contributed by atoms with van der Waals surface area (Å²) in [4.78, 5) is 33.5. The fourth-order valence-corrected chi connectivity index (χ4v) is 2.79. The van der Waals surface area contributed by atoms with Crippen molar-refractivity contribution in [2.24, 2.45) is 11.8 Å². The Morgan fingerprint density at radius 3 is 2.50 bits per heavy atom. The largest absolute Gasteiger partial charge is 0.481 e. The van der Waals surface area contributed by atoms with Gasteiger partial charge in [-0.3, -0.25) is 9.59 Å². The highest BCUT2D eigenvalue weighted by Crippen LogP contribution is 2.28. The molecule has 1 heterocycles. The van der Waals surface area contributed by atoms with E-state index >= 15 is 0 Å². The molecule has 0 bridgehead atoms. The SMILES string of the molecule is O=C1CC(NC(=O)NCC2CCC(C(=O)O)CC2)CN1. The molecule has 1 aliphatic heterocycles. The molecule has 0 aromatic rings. The average Bonchev–Trinajstić information content (AvgIpc) is 2.82. The van der Waals surface area contributed by atoms with Gasteiger partial charge in [0.15, 0.2) is 0 Å². The van der Waals surface area contributed by atoms with Crippen molar-refractivity contribution in [1.82, 2.24) is 16.0 Å². The highest BCUT2D eigenvalue weighted by atomic mass is 16.4. The van der Waals surface area contributed by atoms with Crippen LogP contribution in [0.5, 0.6) is 0 Å². The van der Waals surface area contributed by atoms with Gasteiger partial charge in [-0.15, -0.1) is 0 Å². The third-order valence-electron chi connectivity index (χ3n) is 4.06. The molecule has 2 aliphatic rings. The molecule has 1 unspecified atom stereocenters. The molecule has 0 spiro atoms. The number of urea groups is 1. The van der Waals surface area contributed by atoms with Crippen LogP contribution >= 0.6 is 0 Å². The van der Waals surface area contributed by atoms with E-state index in [-0.39, 0.29) is 23.9 Å². The van der Waals surface area contributed by atoms with E-state index in [1.807, 2.05) is 0 Å². The first-order valence-corrected chi connectivity index (χ1v) is 7.08. The second-order valence-corrected chi connectivity index (χ2v) is 5.62. The summed E-state index contributed by atoms with van der Waals surface area (Å²) in [6.07, 6.45) is 3.37. The van der Waals surface area contributed by atoms with Crippen LogP contribution in [0.25, 0.3) is 0 Å². The number of carboxylic acid groups (broad SMARTS) is 1. The van der Waals surface area contributed by atoms with Crippen LogP contribution in [0, 0.1) is 11.8 Å². The number of hydrogen-bond donors (Lipinski definition) is 4. The minimum absolute atomic E-state index is 0.0395. The Hall–Kier alpha value is -1.79. The second-order valence-electron chi connectivity index (χ2n) is 5.62. The highest BCUT2D eigenvalue weighted by Gasteiger charge is 2.27. The summed E-state index contributed by atoms with van der Waals surface area (Å²) in [6.45, 7) is 1.04. The quantitative estimate of drug-likeness (QED) is 0.585. The van der Waals surface area contributed by atoms with Crippen molar-refractivity contribution in [2.45, 2.75) is 38.1 Å². The molecular weight excluding hydrogens is 262 g/mol. The zero-order chi connectivity index (χ0) is 14.5. The van der Waals surface area contributed by atoms with E-state index in [2.05, 4.69) is 16.0 Å². The number of nitrogens with one attached hydrogen (secondary N) is 3. The van der Waals surface area contributed by atoms with Crippen molar-refractivity contribution in [3.05, 3.63) is 0 Å². The van der Waals surface area contributed by atoms with Gasteiger partial charge in [-0.25, -0.2) is 4.79 Å². The lowest BCUT2D eigenvalue weighted by Crippen LogP contribution is -2.44. The van der Waals surface area contributed by atoms with Gasteiger partial charge >= 0.3 is 12.0 Å². The highest BCUT2D eigenvalue weighted by molar-refractivity contribution is 5.81. The zero-order valence-corrected chi connectivity index (χ0v) is 11.4. The molecule has 0 aromatic carbocycles. The van der Waals surface area contributed by atoms with Gasteiger partial charge in [0, 0.05) is 19.5 Å². The molecule has 7 nitrogen and oxygen atoms in total. The van der Waals surface area contributed by atoms with Crippen LogP contribution in [0.15, 0.2) is 0 Å². The summed E-state index contributed by atoms with van der Waals surface area (Å²) < 4.78 is 0. The van der Waals surface area contributed by atoms with Gasteiger partial charge in [0.1, 0.15) is 0 Å². The first-order valence-electron chi connectivity index (χ1n) is 7.08. The number of rotatable bonds is 4. The smallest absolute Gasteiger partial charge is 0.315 e. The lowest BCUT2D eigenvalue weighted by Gasteiger charge is -2.26. The van der Waals surface area contributed by atoms with E-state index < -0.39 is 5.97 Å². The molecule has 3 amide bonds. The van der Waals surface area contributed by atoms with Gasteiger partial charge in [-0.2, -0.15) is 0 Å². The topological polar surface area (TPSA) is 108 Å². The Labute approximate surface area is 117 Å². The molecule has 112 valence electrons. The Morgan fingerprint density at radius 2 is 1.95 bits per heavy atom. The number of aliphatic carboxylic acids is 1. The van der Waals surface area contributed by atoms with Gasteiger partial charge in [-0.05, 0) is 31.6 Å². The van der Waals surface area contributed by atoms with Crippen LogP contribution in [-0.2, 0) is 9.59 Å². The molecule has 1 aliphatic carbocycles. The Balaban J connectivity index is 1.62. The maximum Gasteiger partial charge on any atom is 0.315 e. The zero-order valence-electron chi connectivity index (χ0n) is 11.4. The van der Waals surface area contributed by atoms with Crippen molar-refractivity contribution in [1.29, 1.82) is 0 Å². The van der Waals surface area contributed by atoms with E-state index in [0.717, 1.165) is 12.8 Å². The van der Waals surface area contributed by atoms with E-state index in [4.69, 9.17) is 5.11 Å². The predicted octanol–water partition coefficient (Wildman–Crippen LogP) is 0.0651. The predicted molar refractivity (Wildman–Crippen MR) is 71.0 cm³/mol. The van der Waals surface area contributed by atoms with Crippen LogP contribution in [-0.4, -0.2) is 42.1 Å². The fourth-order valence-electron chi connectivity index (χ4n) is 2.79. The molecule has 1 atom stereocenters. The summed E-state index contributed by atoms with van der Waals surface area (Å²) in [7, 11) is 0. The van der Waals surface area contributed by atoms with Crippen LogP contribution < -0.4 is 16.0 Å². The molecule has 0 radical (unpaired) electrons. The van der Waals surface area contributed by atoms with Crippen molar-refractivity contribution >= 4 is 17.9 Å². The van der Waals surface area contributed by atoms with E-state index in [9.17, 15) is 14.4 Å². The third kappa shape index (κ3) is 4.11. The van der Waals surface area contributed by atoms with Gasteiger partial charge in [0.05, 0.1) is 12.0 Å². The Morgan fingerprint density at radius 1 is 1.25 bits per heavy atom. The van der Waals surface area contributed by atoms with Crippen molar-refractivity contribution in [2.75, 3.05) is 13.1 Å². The van der Waals surface area contributed by atoms with Crippen LogP contribution in [0.1, 0.15) is 32.1 Å². The summed E-state index contributed by atoms with van der Waals surface area (Å²) in [5, 5.41) is 17.1. The standard InChI is InChI=1S/C13H21N3O4/c17-11-5-10(7-14-11)16-13(20)15-6-8-1-3-9(4-2-8)12(18)19/h8-10H,1-7H2,(H,14,17)(H,18,19)(H2,15,16,20). The Bertz CT molecular complexity index is 391. The molecule has 20 heavy (non-hydrogen) atoms. The summed E-state index contributed by atoms with van der Waals surface area (Å²) in [5.74, 6) is -0.634. The summed E-state index contributed by atoms with van der Waals surface area (Å²) >= 11 is 0. The van der Waals surface area contributed by atoms with Crippen molar-refractivity contribution in [3.8, 4) is 0 Å². The summed E-state index contributed by atoms with van der Waals surface area (Å²) in [5.41, 5.74) is 0. The molecule has 0 aromatic heterocycles. The first kappa shape index (κ1) is 14.6. The van der Waals surface area contributed by atoms with Crippen LogP contribution in [0.2, 0.25) is 0 Å². The molecule has 7 heteroatoms. The van der Waals surface area contributed by atoms with Crippen molar-refractivity contribution in [3.63, 3.8) is 0 Å². The minimum Gasteiger partial charge on any atom is -0.481 e. The normalized spacial score (nSPS) is 29.6. The fraction of sp³-hybridized carbons (Fsp3) is 0.769. The second kappa shape index (κ2) is 6.58. The van der Waals surface area contributed by atoms with Gasteiger partial charge < -0.3 is 21.1 Å². The number of carbonyl (C=O) groups is 3. The molecule has 2 fully saturated rings. The van der Waals surface area contributed by atoms with Gasteiger partial charge in [0.2, 0.25) is 5.91 Å². The molecule has 4 N–H and O–H groups in total. The van der Waals surface area contributed by atoms with E-state index in [0.29, 0.717) is 38.3 Å². The molecule has 2 rings (SSSR count). The van der Waals surface area contributed by atoms with E-state index in [1.165, 1.54) is 0 Å². The van der Waals surface area contributed by atoms with Crippen LogP contribution in [0.4, 0.5) is 4.79 Å². The molecular formula is C13H21N3O4. The molecule has 1 saturated heterocycles. The third-order valence-corrected chi connectivity index (χ3v) is 4.06. The number of hydrogen-bond acceptors (Lipinski definition) is 3. The lowest BCUT2D eigenvalue weighted by atomic mass is 9.82. The van der Waals surface area contributed by atoms with Crippen molar-refractivity contribution < 1.29 is 19.5 Å². The number of carboxylic acids is 1. The minimum atomic E-state index is -0.715. The number of amides is 3. The first-order chi connectivity index (χ1) is 9.54. The number of carbonyl (C=O) groups excluding carboxylic acids is 2.